The lowest BCUT2D eigenvalue weighted by molar-refractivity contribution is 0.102. The molecule has 4 nitrogen and oxygen atoms in total. The molecule has 0 aliphatic carbocycles. The SMILES string of the molecule is Cc1ccccc1NC(=O)c1c(-c2ccc(Cl)cc2)noc1C. The van der Waals surface area contributed by atoms with E-state index in [0.717, 1.165) is 16.8 Å². The van der Waals surface area contributed by atoms with Crippen LogP contribution in [0.25, 0.3) is 11.3 Å². The first-order valence-corrected chi connectivity index (χ1v) is 7.53. The molecule has 3 rings (SSSR count). The third kappa shape index (κ3) is 3.12. The topological polar surface area (TPSA) is 55.1 Å². The van der Waals surface area contributed by atoms with Crippen LogP contribution >= 0.6 is 11.6 Å². The van der Waals surface area contributed by atoms with E-state index < -0.39 is 0 Å². The summed E-state index contributed by atoms with van der Waals surface area (Å²) in [6, 6.07) is 14.7. The minimum Gasteiger partial charge on any atom is -0.360 e. The Morgan fingerprint density at radius 1 is 1.09 bits per heavy atom. The largest absolute Gasteiger partial charge is 0.360 e. The number of rotatable bonds is 3. The number of aromatic nitrogens is 1. The van der Waals surface area contributed by atoms with Gasteiger partial charge in [0.05, 0.1) is 0 Å². The lowest BCUT2D eigenvalue weighted by Gasteiger charge is -2.08. The molecule has 116 valence electrons. The second-order valence-corrected chi connectivity index (χ2v) is 5.67. The summed E-state index contributed by atoms with van der Waals surface area (Å²) in [4.78, 5) is 12.7. The molecule has 0 fully saturated rings. The summed E-state index contributed by atoms with van der Waals surface area (Å²) in [5.41, 5.74) is 3.46. The van der Waals surface area contributed by atoms with Gasteiger partial charge in [0.1, 0.15) is 17.0 Å². The standard InChI is InChI=1S/C18H15ClN2O2/c1-11-5-3-4-6-15(11)20-18(22)16-12(2)23-21-17(16)13-7-9-14(19)10-8-13/h3-10H,1-2H3,(H,20,22). The van der Waals surface area contributed by atoms with Gasteiger partial charge < -0.3 is 9.84 Å². The second-order valence-electron chi connectivity index (χ2n) is 5.24. The van der Waals surface area contributed by atoms with Gasteiger partial charge in [-0.05, 0) is 37.6 Å². The van der Waals surface area contributed by atoms with E-state index in [9.17, 15) is 4.79 Å². The quantitative estimate of drug-likeness (QED) is 0.747. The van der Waals surface area contributed by atoms with Crippen LogP contribution in [0.2, 0.25) is 5.02 Å². The zero-order valence-electron chi connectivity index (χ0n) is 12.8. The van der Waals surface area contributed by atoms with Crippen LogP contribution in [0.15, 0.2) is 53.1 Å². The fraction of sp³-hybridized carbons (Fsp3) is 0.111. The van der Waals surface area contributed by atoms with E-state index in [1.54, 1.807) is 19.1 Å². The zero-order valence-corrected chi connectivity index (χ0v) is 13.5. The lowest BCUT2D eigenvalue weighted by atomic mass is 10.1. The summed E-state index contributed by atoms with van der Waals surface area (Å²) in [6.07, 6.45) is 0. The van der Waals surface area contributed by atoms with E-state index in [1.165, 1.54) is 0 Å². The van der Waals surface area contributed by atoms with Crippen molar-refractivity contribution < 1.29 is 9.32 Å². The van der Waals surface area contributed by atoms with Gasteiger partial charge in [-0.15, -0.1) is 0 Å². The maximum absolute atomic E-state index is 12.7. The number of carbonyl (C=O) groups excluding carboxylic acids is 1. The average Bonchev–Trinajstić information content (AvgIpc) is 2.92. The number of para-hydroxylation sites is 1. The van der Waals surface area contributed by atoms with Crippen molar-refractivity contribution in [3.8, 4) is 11.3 Å². The molecule has 0 atom stereocenters. The molecular formula is C18H15ClN2O2. The molecule has 0 aliphatic rings. The van der Waals surface area contributed by atoms with Gasteiger partial charge in [-0.3, -0.25) is 4.79 Å². The number of halogens is 1. The van der Waals surface area contributed by atoms with Gasteiger partial charge in [0.2, 0.25) is 0 Å². The third-order valence-corrected chi connectivity index (χ3v) is 3.85. The summed E-state index contributed by atoms with van der Waals surface area (Å²) in [6.45, 7) is 3.66. The predicted octanol–water partition coefficient (Wildman–Crippen LogP) is 4.86. The minimum atomic E-state index is -0.247. The monoisotopic (exact) mass is 326 g/mol. The Hall–Kier alpha value is -2.59. The summed E-state index contributed by atoms with van der Waals surface area (Å²) < 4.78 is 5.23. The number of nitrogens with one attached hydrogen (secondary N) is 1. The molecule has 2 aromatic carbocycles. The molecule has 0 unspecified atom stereocenters. The first kappa shape index (κ1) is 15.3. The Kier molecular flexibility index (Phi) is 4.17. The number of nitrogens with zero attached hydrogens (tertiary/aromatic N) is 1. The highest BCUT2D eigenvalue weighted by molar-refractivity contribution is 6.30. The summed E-state index contributed by atoms with van der Waals surface area (Å²) in [5.74, 6) is 0.226. The summed E-state index contributed by atoms with van der Waals surface area (Å²) >= 11 is 5.91. The average molecular weight is 327 g/mol. The van der Waals surface area contributed by atoms with Gasteiger partial charge in [-0.1, -0.05) is 47.1 Å². The first-order valence-electron chi connectivity index (χ1n) is 7.15. The highest BCUT2D eigenvalue weighted by Crippen LogP contribution is 2.27. The number of hydrogen-bond acceptors (Lipinski definition) is 3. The zero-order chi connectivity index (χ0) is 16.4. The van der Waals surface area contributed by atoms with Crippen LogP contribution in [-0.2, 0) is 0 Å². The number of carbonyl (C=O) groups is 1. The molecule has 0 bridgehead atoms. The van der Waals surface area contributed by atoms with Crippen molar-refractivity contribution in [2.24, 2.45) is 0 Å². The van der Waals surface area contributed by atoms with Crippen LogP contribution in [0.4, 0.5) is 5.69 Å². The predicted molar refractivity (Wildman–Crippen MR) is 90.8 cm³/mol. The highest BCUT2D eigenvalue weighted by Gasteiger charge is 2.22. The fourth-order valence-electron chi connectivity index (χ4n) is 2.34. The van der Waals surface area contributed by atoms with Crippen molar-refractivity contribution in [3.63, 3.8) is 0 Å². The lowest BCUT2D eigenvalue weighted by Crippen LogP contribution is -2.14. The molecule has 0 saturated heterocycles. The molecule has 0 saturated carbocycles. The number of anilines is 1. The Bertz CT molecular complexity index is 854. The van der Waals surface area contributed by atoms with Crippen molar-refractivity contribution in [1.82, 2.24) is 5.16 Å². The molecule has 5 heteroatoms. The molecule has 0 aliphatic heterocycles. The van der Waals surface area contributed by atoms with Gasteiger partial charge >= 0.3 is 0 Å². The van der Waals surface area contributed by atoms with Gasteiger partial charge in [-0.25, -0.2) is 0 Å². The molecule has 0 spiro atoms. The maximum Gasteiger partial charge on any atom is 0.261 e. The van der Waals surface area contributed by atoms with Crippen LogP contribution in [0.3, 0.4) is 0 Å². The number of benzene rings is 2. The van der Waals surface area contributed by atoms with E-state index >= 15 is 0 Å². The van der Waals surface area contributed by atoms with Gasteiger partial charge in [0.15, 0.2) is 0 Å². The Morgan fingerprint density at radius 3 is 2.48 bits per heavy atom. The minimum absolute atomic E-state index is 0.247. The van der Waals surface area contributed by atoms with E-state index in [2.05, 4.69) is 10.5 Å². The second kappa shape index (κ2) is 6.26. The number of aryl methyl sites for hydroxylation is 2. The Labute approximate surface area is 139 Å². The van der Waals surface area contributed by atoms with E-state index in [-0.39, 0.29) is 5.91 Å². The van der Waals surface area contributed by atoms with Crippen LogP contribution in [0, 0.1) is 13.8 Å². The molecule has 1 aromatic heterocycles. The Balaban J connectivity index is 1.97. The van der Waals surface area contributed by atoms with Gasteiger partial charge in [0, 0.05) is 16.3 Å². The summed E-state index contributed by atoms with van der Waals surface area (Å²) in [5, 5.41) is 7.56. The molecule has 23 heavy (non-hydrogen) atoms. The smallest absolute Gasteiger partial charge is 0.261 e. The van der Waals surface area contributed by atoms with Crippen LogP contribution < -0.4 is 5.32 Å². The van der Waals surface area contributed by atoms with E-state index in [4.69, 9.17) is 16.1 Å². The molecule has 0 radical (unpaired) electrons. The molecule has 1 N–H and O–H groups in total. The van der Waals surface area contributed by atoms with Crippen LogP contribution in [0.5, 0.6) is 0 Å². The molecule has 1 heterocycles. The summed E-state index contributed by atoms with van der Waals surface area (Å²) in [7, 11) is 0. The van der Waals surface area contributed by atoms with Crippen molar-refractivity contribution in [2.45, 2.75) is 13.8 Å². The third-order valence-electron chi connectivity index (χ3n) is 3.60. The molecular weight excluding hydrogens is 312 g/mol. The highest BCUT2D eigenvalue weighted by atomic mass is 35.5. The van der Waals surface area contributed by atoms with Crippen LogP contribution in [-0.4, -0.2) is 11.1 Å². The number of amides is 1. The van der Waals surface area contributed by atoms with E-state index in [1.807, 2.05) is 43.3 Å². The van der Waals surface area contributed by atoms with Crippen LogP contribution in [0.1, 0.15) is 21.7 Å². The van der Waals surface area contributed by atoms with Gasteiger partial charge in [-0.2, -0.15) is 0 Å². The van der Waals surface area contributed by atoms with Crippen molar-refractivity contribution in [2.75, 3.05) is 5.32 Å². The van der Waals surface area contributed by atoms with Gasteiger partial charge in [0.25, 0.3) is 5.91 Å². The maximum atomic E-state index is 12.7. The Morgan fingerprint density at radius 2 is 1.78 bits per heavy atom. The number of hydrogen-bond donors (Lipinski definition) is 1. The molecule has 1 amide bonds. The first-order chi connectivity index (χ1) is 11.1. The van der Waals surface area contributed by atoms with Crippen molar-refractivity contribution >= 4 is 23.2 Å². The molecule has 3 aromatic rings. The van der Waals surface area contributed by atoms with E-state index in [0.29, 0.717) is 22.0 Å². The normalized spacial score (nSPS) is 10.6. The fourth-order valence-corrected chi connectivity index (χ4v) is 2.47. The van der Waals surface area contributed by atoms with Crippen molar-refractivity contribution in [1.29, 1.82) is 0 Å². The van der Waals surface area contributed by atoms with Crippen molar-refractivity contribution in [3.05, 3.63) is 70.4 Å².